The Morgan fingerprint density at radius 1 is 1.19 bits per heavy atom. The van der Waals surface area contributed by atoms with Crippen LogP contribution in [0.5, 0.6) is 5.88 Å². The van der Waals surface area contributed by atoms with E-state index in [4.69, 9.17) is 15.4 Å². The molecule has 2 aromatic heterocycles. The first-order valence-corrected chi connectivity index (χ1v) is 9.84. The first kappa shape index (κ1) is 22.4. The molecule has 0 saturated carbocycles. The number of fused-ring (bicyclic) bond motifs is 1. The lowest BCUT2D eigenvalue weighted by atomic mass is 9.99. The quantitative estimate of drug-likeness (QED) is 0.157. The highest BCUT2D eigenvalue weighted by atomic mass is 17.2. The maximum Gasteiger partial charge on any atom is 0.289 e. The van der Waals surface area contributed by atoms with Gasteiger partial charge in [-0.25, -0.2) is 14.8 Å². The molecule has 164 valence electrons. The number of ketones is 1. The molecule has 3 N–H and O–H groups in total. The second kappa shape index (κ2) is 10.2. The SMILES string of the molecule is CCc1c(C(=O)C(N)=O)c2c(OCCOOC)nc(CO)cn2c1Cc1ccccc1. The van der Waals surface area contributed by atoms with Crippen molar-refractivity contribution in [1.29, 1.82) is 0 Å². The van der Waals surface area contributed by atoms with Crippen molar-refractivity contribution < 1.29 is 29.2 Å². The number of primary amides is 1. The number of nitrogens with zero attached hydrogens (tertiary/aromatic N) is 2. The number of aromatic nitrogens is 2. The molecule has 0 fully saturated rings. The molecule has 0 atom stereocenters. The van der Waals surface area contributed by atoms with E-state index in [1.54, 1.807) is 10.6 Å². The lowest BCUT2D eigenvalue weighted by molar-refractivity contribution is -0.275. The first-order chi connectivity index (χ1) is 15.0. The second-order valence-electron chi connectivity index (χ2n) is 6.76. The molecule has 0 spiro atoms. The smallest absolute Gasteiger partial charge is 0.289 e. The Morgan fingerprint density at radius 3 is 2.55 bits per heavy atom. The van der Waals surface area contributed by atoms with E-state index in [9.17, 15) is 14.7 Å². The molecule has 0 aliphatic heterocycles. The van der Waals surface area contributed by atoms with Crippen molar-refractivity contribution in [2.24, 2.45) is 5.73 Å². The minimum Gasteiger partial charge on any atom is -0.474 e. The van der Waals surface area contributed by atoms with E-state index in [1.165, 1.54) is 7.11 Å². The number of nitrogens with two attached hydrogens (primary N) is 1. The highest BCUT2D eigenvalue weighted by molar-refractivity contribution is 6.44. The number of aliphatic hydroxyl groups is 1. The summed E-state index contributed by atoms with van der Waals surface area (Å²) in [6.45, 7) is 1.76. The van der Waals surface area contributed by atoms with E-state index in [1.807, 2.05) is 37.3 Å². The summed E-state index contributed by atoms with van der Waals surface area (Å²) >= 11 is 0. The molecule has 0 bridgehead atoms. The maximum absolute atomic E-state index is 12.8. The van der Waals surface area contributed by atoms with E-state index in [0.29, 0.717) is 29.6 Å². The summed E-state index contributed by atoms with van der Waals surface area (Å²) in [5.41, 5.74) is 8.70. The van der Waals surface area contributed by atoms with Gasteiger partial charge in [0, 0.05) is 18.3 Å². The van der Waals surface area contributed by atoms with E-state index in [-0.39, 0.29) is 31.3 Å². The van der Waals surface area contributed by atoms with Crippen molar-refractivity contribution in [1.82, 2.24) is 9.38 Å². The number of carbonyl (C=O) groups excluding carboxylic acids is 2. The van der Waals surface area contributed by atoms with Gasteiger partial charge in [-0.15, -0.1) is 0 Å². The summed E-state index contributed by atoms with van der Waals surface area (Å²) in [6, 6.07) is 9.73. The third-order valence-electron chi connectivity index (χ3n) is 4.85. The van der Waals surface area contributed by atoms with Gasteiger partial charge in [0.05, 0.1) is 25.0 Å². The van der Waals surface area contributed by atoms with Gasteiger partial charge in [-0.05, 0) is 17.5 Å². The molecule has 0 aliphatic rings. The largest absolute Gasteiger partial charge is 0.474 e. The van der Waals surface area contributed by atoms with Gasteiger partial charge in [0.15, 0.2) is 0 Å². The van der Waals surface area contributed by atoms with E-state index in [2.05, 4.69) is 9.87 Å². The predicted molar refractivity (Wildman–Crippen MR) is 112 cm³/mol. The number of hydrogen-bond donors (Lipinski definition) is 2. The Labute approximate surface area is 179 Å². The number of amides is 1. The zero-order valence-electron chi connectivity index (χ0n) is 17.5. The van der Waals surface area contributed by atoms with Crippen LogP contribution in [0.3, 0.4) is 0 Å². The van der Waals surface area contributed by atoms with Crippen LogP contribution < -0.4 is 10.5 Å². The fourth-order valence-corrected chi connectivity index (χ4v) is 3.56. The third-order valence-corrected chi connectivity index (χ3v) is 4.85. The molecule has 0 aliphatic carbocycles. The van der Waals surface area contributed by atoms with Gasteiger partial charge >= 0.3 is 0 Å². The van der Waals surface area contributed by atoms with Gasteiger partial charge in [0.1, 0.15) is 18.7 Å². The molecular formula is C22H25N3O6. The molecule has 0 saturated heterocycles. The van der Waals surface area contributed by atoms with Crippen molar-refractivity contribution in [3.8, 4) is 5.88 Å². The summed E-state index contributed by atoms with van der Waals surface area (Å²) in [5.74, 6) is -1.77. The van der Waals surface area contributed by atoms with E-state index in [0.717, 1.165) is 11.3 Å². The molecule has 2 heterocycles. The van der Waals surface area contributed by atoms with Gasteiger partial charge in [0.25, 0.3) is 11.7 Å². The Bertz CT molecular complexity index is 1080. The standard InChI is InChI=1S/C22H25N3O6/c1-3-16-17(11-14-7-5-4-6-8-14)25-12-15(13-26)24-22(30-9-10-31-29-2)19(25)18(16)20(27)21(23)28/h4-8,12,26H,3,9-11,13H2,1-2H3,(H2,23,28). The van der Waals surface area contributed by atoms with Gasteiger partial charge in [-0.1, -0.05) is 37.3 Å². The van der Waals surface area contributed by atoms with Crippen molar-refractivity contribution in [3.05, 3.63) is 64.6 Å². The average Bonchev–Trinajstić information content (AvgIpc) is 3.09. The molecule has 9 nitrogen and oxygen atoms in total. The number of ether oxygens (including phenoxy) is 1. The van der Waals surface area contributed by atoms with Crippen LogP contribution in [0.2, 0.25) is 0 Å². The first-order valence-electron chi connectivity index (χ1n) is 9.84. The fourth-order valence-electron chi connectivity index (χ4n) is 3.56. The average molecular weight is 427 g/mol. The molecule has 9 heteroatoms. The predicted octanol–water partition coefficient (Wildman–Crippen LogP) is 1.60. The molecule has 31 heavy (non-hydrogen) atoms. The Morgan fingerprint density at radius 2 is 1.94 bits per heavy atom. The van der Waals surface area contributed by atoms with Crippen LogP contribution in [0.25, 0.3) is 5.52 Å². The Hall–Kier alpha value is -3.27. The Balaban J connectivity index is 2.26. The Kier molecular flexibility index (Phi) is 7.35. The summed E-state index contributed by atoms with van der Waals surface area (Å²) in [7, 11) is 1.38. The van der Waals surface area contributed by atoms with Gasteiger partial charge in [-0.2, -0.15) is 0 Å². The lowest BCUT2D eigenvalue weighted by Gasteiger charge is -2.11. The summed E-state index contributed by atoms with van der Waals surface area (Å²) in [4.78, 5) is 38.4. The number of hydrogen-bond acceptors (Lipinski definition) is 7. The molecule has 0 unspecified atom stereocenters. The number of rotatable bonds is 11. The molecule has 3 rings (SSSR count). The number of Topliss-reactive ketones (excluding diaryl/α,β-unsaturated/α-hetero) is 1. The monoisotopic (exact) mass is 427 g/mol. The van der Waals surface area contributed by atoms with Crippen LogP contribution in [-0.2, 0) is 34.0 Å². The van der Waals surface area contributed by atoms with E-state index >= 15 is 0 Å². The summed E-state index contributed by atoms with van der Waals surface area (Å²) < 4.78 is 7.50. The molecule has 0 radical (unpaired) electrons. The molecule has 1 aromatic carbocycles. The van der Waals surface area contributed by atoms with E-state index < -0.39 is 11.7 Å². The third kappa shape index (κ3) is 4.74. The molecule has 3 aromatic rings. The minimum atomic E-state index is -1.06. The van der Waals surface area contributed by atoms with Crippen LogP contribution in [0.1, 0.15) is 39.8 Å². The number of carbonyl (C=O) groups is 2. The lowest BCUT2D eigenvalue weighted by Crippen LogP contribution is -2.24. The van der Waals surface area contributed by atoms with Crippen molar-refractivity contribution in [2.45, 2.75) is 26.4 Å². The van der Waals surface area contributed by atoms with Crippen molar-refractivity contribution in [2.75, 3.05) is 20.3 Å². The summed E-state index contributed by atoms with van der Waals surface area (Å²) in [5, 5.41) is 9.73. The number of benzene rings is 1. The highest BCUT2D eigenvalue weighted by Gasteiger charge is 2.29. The van der Waals surface area contributed by atoms with Gasteiger partial charge in [0.2, 0.25) is 5.88 Å². The fraction of sp³-hybridized carbons (Fsp3) is 0.318. The van der Waals surface area contributed by atoms with Crippen molar-refractivity contribution >= 4 is 17.2 Å². The topological polar surface area (TPSA) is 125 Å². The van der Waals surface area contributed by atoms with Gasteiger partial charge < -0.3 is 20.0 Å². The normalized spacial score (nSPS) is 11.1. The summed E-state index contributed by atoms with van der Waals surface area (Å²) in [6.07, 6.45) is 2.63. The van der Waals surface area contributed by atoms with Crippen molar-refractivity contribution in [3.63, 3.8) is 0 Å². The van der Waals surface area contributed by atoms with Crippen LogP contribution in [0.15, 0.2) is 36.5 Å². The highest BCUT2D eigenvalue weighted by Crippen LogP contribution is 2.32. The zero-order chi connectivity index (χ0) is 22.4. The maximum atomic E-state index is 12.8. The van der Waals surface area contributed by atoms with Crippen LogP contribution in [0, 0.1) is 0 Å². The van der Waals surface area contributed by atoms with Crippen LogP contribution in [0.4, 0.5) is 0 Å². The van der Waals surface area contributed by atoms with Crippen LogP contribution in [-0.4, -0.2) is 46.5 Å². The number of aliphatic hydroxyl groups excluding tert-OH is 1. The van der Waals surface area contributed by atoms with Crippen LogP contribution >= 0.6 is 0 Å². The molecular weight excluding hydrogens is 402 g/mol. The van der Waals surface area contributed by atoms with Gasteiger partial charge in [-0.3, -0.25) is 9.59 Å². The minimum absolute atomic E-state index is 0.0796. The zero-order valence-corrected chi connectivity index (χ0v) is 17.5. The second-order valence-corrected chi connectivity index (χ2v) is 6.76. The molecule has 1 amide bonds.